The van der Waals surface area contributed by atoms with E-state index in [4.69, 9.17) is 0 Å². The van der Waals surface area contributed by atoms with Crippen LogP contribution in [0.3, 0.4) is 0 Å². The van der Waals surface area contributed by atoms with Crippen molar-refractivity contribution in [3.8, 4) is 0 Å². The van der Waals surface area contributed by atoms with Gasteiger partial charge in [-0.2, -0.15) is 0 Å². The molecule has 2 fully saturated rings. The van der Waals surface area contributed by atoms with E-state index in [0.29, 0.717) is 19.1 Å². The van der Waals surface area contributed by atoms with Crippen molar-refractivity contribution < 1.29 is 9.59 Å². The van der Waals surface area contributed by atoms with E-state index < -0.39 is 0 Å². The van der Waals surface area contributed by atoms with Crippen LogP contribution >= 0.6 is 22.6 Å². The van der Waals surface area contributed by atoms with Crippen molar-refractivity contribution in [1.29, 1.82) is 0 Å². The molecule has 2 aliphatic rings. The Kier molecular flexibility index (Phi) is 5.08. The third-order valence-electron chi connectivity index (χ3n) is 4.50. The molecule has 1 heterocycles. The maximum atomic E-state index is 12.4. The van der Waals surface area contributed by atoms with Crippen LogP contribution in [0.5, 0.6) is 0 Å². The third-order valence-corrected chi connectivity index (χ3v) is 5.18. The second kappa shape index (κ2) is 7.07. The largest absolute Gasteiger partial charge is 0.335 e. The molecule has 2 N–H and O–H groups in total. The Balaban J connectivity index is 1.50. The Morgan fingerprint density at radius 3 is 2.48 bits per heavy atom. The zero-order chi connectivity index (χ0) is 16.4. The number of carbonyl (C=O) groups excluding carboxylic acids is 2. The second-order valence-corrected chi connectivity index (χ2v) is 7.68. The third kappa shape index (κ3) is 4.37. The van der Waals surface area contributed by atoms with E-state index in [1.165, 1.54) is 0 Å². The summed E-state index contributed by atoms with van der Waals surface area (Å²) in [4.78, 5) is 26.3. The van der Waals surface area contributed by atoms with Gasteiger partial charge in [-0.05, 0) is 79.0 Å². The van der Waals surface area contributed by atoms with Gasteiger partial charge in [0.2, 0.25) is 5.91 Å². The molecule has 0 bridgehead atoms. The number of rotatable bonds is 3. The minimum atomic E-state index is -0.0151. The molecule has 5 nitrogen and oxygen atoms in total. The molecule has 0 aromatic heterocycles. The first-order valence-electron chi connectivity index (χ1n) is 8.15. The molecule has 6 heteroatoms. The van der Waals surface area contributed by atoms with Crippen molar-refractivity contribution in [2.75, 3.05) is 18.4 Å². The lowest BCUT2D eigenvalue weighted by atomic mass is 9.96. The Labute approximate surface area is 150 Å². The van der Waals surface area contributed by atoms with E-state index in [1.807, 2.05) is 24.0 Å². The molecule has 1 aromatic rings. The number of carbonyl (C=O) groups is 2. The van der Waals surface area contributed by atoms with Crippen LogP contribution in [0.15, 0.2) is 18.2 Å². The predicted octanol–water partition coefficient (Wildman–Crippen LogP) is 3.12. The molecule has 0 radical (unpaired) electrons. The number of nitrogens with one attached hydrogen (secondary N) is 2. The number of aryl methyl sites for hydroxylation is 1. The van der Waals surface area contributed by atoms with Crippen molar-refractivity contribution in [2.45, 2.75) is 38.6 Å². The van der Waals surface area contributed by atoms with E-state index >= 15 is 0 Å². The zero-order valence-corrected chi connectivity index (χ0v) is 15.4. The Hall–Kier alpha value is -1.31. The van der Waals surface area contributed by atoms with E-state index in [-0.39, 0.29) is 17.9 Å². The Bertz CT molecular complexity index is 608. The van der Waals surface area contributed by atoms with Crippen LogP contribution in [0.2, 0.25) is 0 Å². The molecule has 1 aliphatic carbocycles. The SMILES string of the molecule is Cc1cc(I)ccc1NC(=O)C1CCN(C(=O)NC2CC2)CC1. The number of hydrogen-bond acceptors (Lipinski definition) is 2. The molecule has 1 aliphatic heterocycles. The molecule has 1 saturated heterocycles. The van der Waals surface area contributed by atoms with Crippen LogP contribution in [0.1, 0.15) is 31.2 Å². The smallest absolute Gasteiger partial charge is 0.317 e. The first-order chi connectivity index (χ1) is 11.0. The lowest BCUT2D eigenvalue weighted by Crippen LogP contribution is -2.46. The number of halogens is 1. The molecule has 3 rings (SSSR count). The Morgan fingerprint density at radius 2 is 1.87 bits per heavy atom. The molecule has 1 aromatic carbocycles. The van der Waals surface area contributed by atoms with Gasteiger partial charge in [0.1, 0.15) is 0 Å². The quantitative estimate of drug-likeness (QED) is 0.729. The van der Waals surface area contributed by atoms with Gasteiger partial charge in [0.05, 0.1) is 0 Å². The fourth-order valence-corrected chi connectivity index (χ4v) is 3.49. The van der Waals surface area contributed by atoms with Crippen molar-refractivity contribution in [3.05, 3.63) is 27.3 Å². The van der Waals surface area contributed by atoms with Crippen LogP contribution in [0.25, 0.3) is 0 Å². The molecule has 0 atom stereocenters. The number of benzene rings is 1. The highest BCUT2D eigenvalue weighted by atomic mass is 127. The molecule has 1 saturated carbocycles. The summed E-state index contributed by atoms with van der Waals surface area (Å²) in [6.45, 7) is 3.31. The highest BCUT2D eigenvalue weighted by Gasteiger charge is 2.30. The summed E-state index contributed by atoms with van der Waals surface area (Å²) in [6.07, 6.45) is 3.65. The summed E-state index contributed by atoms with van der Waals surface area (Å²) < 4.78 is 1.16. The number of likely N-dealkylation sites (tertiary alicyclic amines) is 1. The summed E-state index contributed by atoms with van der Waals surface area (Å²) in [5.41, 5.74) is 1.95. The average molecular weight is 427 g/mol. The highest BCUT2D eigenvalue weighted by Crippen LogP contribution is 2.23. The summed E-state index contributed by atoms with van der Waals surface area (Å²) in [6, 6.07) is 6.41. The number of hydrogen-bond donors (Lipinski definition) is 2. The summed E-state index contributed by atoms with van der Waals surface area (Å²) in [7, 11) is 0. The fraction of sp³-hybridized carbons (Fsp3) is 0.529. The topological polar surface area (TPSA) is 61.4 Å². The lowest BCUT2D eigenvalue weighted by molar-refractivity contribution is -0.121. The average Bonchev–Trinajstić information content (AvgIpc) is 3.34. The normalized spacial score (nSPS) is 18.6. The first kappa shape index (κ1) is 16.5. The molecule has 124 valence electrons. The number of anilines is 1. The van der Waals surface area contributed by atoms with Gasteiger partial charge in [-0.25, -0.2) is 4.79 Å². The van der Waals surface area contributed by atoms with Gasteiger partial charge in [-0.15, -0.1) is 0 Å². The fourth-order valence-electron chi connectivity index (χ4n) is 2.84. The van der Waals surface area contributed by atoms with Gasteiger partial charge in [-0.1, -0.05) is 0 Å². The van der Waals surface area contributed by atoms with Crippen molar-refractivity contribution >= 4 is 40.2 Å². The van der Waals surface area contributed by atoms with Gasteiger partial charge in [-0.3, -0.25) is 4.79 Å². The molecule has 0 unspecified atom stereocenters. The van der Waals surface area contributed by atoms with Crippen LogP contribution in [0.4, 0.5) is 10.5 Å². The number of nitrogens with zero attached hydrogens (tertiary/aromatic N) is 1. The lowest BCUT2D eigenvalue weighted by Gasteiger charge is -2.31. The molecule has 23 heavy (non-hydrogen) atoms. The van der Waals surface area contributed by atoms with Crippen LogP contribution in [-0.4, -0.2) is 36.0 Å². The number of piperidine rings is 1. The molecule has 0 spiro atoms. The molecule has 3 amide bonds. The summed E-state index contributed by atoms with van der Waals surface area (Å²) >= 11 is 2.26. The zero-order valence-electron chi connectivity index (χ0n) is 13.3. The van der Waals surface area contributed by atoms with Crippen molar-refractivity contribution in [2.24, 2.45) is 5.92 Å². The van der Waals surface area contributed by atoms with Gasteiger partial charge < -0.3 is 15.5 Å². The maximum Gasteiger partial charge on any atom is 0.317 e. The van der Waals surface area contributed by atoms with Crippen LogP contribution in [0, 0.1) is 16.4 Å². The van der Waals surface area contributed by atoms with Gasteiger partial charge in [0.15, 0.2) is 0 Å². The number of urea groups is 1. The minimum absolute atomic E-state index is 0.0151. The highest BCUT2D eigenvalue weighted by molar-refractivity contribution is 14.1. The van der Waals surface area contributed by atoms with E-state index in [0.717, 1.165) is 40.5 Å². The molecular weight excluding hydrogens is 405 g/mol. The van der Waals surface area contributed by atoms with Crippen LogP contribution < -0.4 is 10.6 Å². The second-order valence-electron chi connectivity index (χ2n) is 6.43. The van der Waals surface area contributed by atoms with Gasteiger partial charge in [0.25, 0.3) is 0 Å². The number of amides is 3. The van der Waals surface area contributed by atoms with E-state index in [2.05, 4.69) is 39.3 Å². The summed E-state index contributed by atoms with van der Waals surface area (Å²) in [5, 5.41) is 6.04. The van der Waals surface area contributed by atoms with E-state index in [1.54, 1.807) is 0 Å². The first-order valence-corrected chi connectivity index (χ1v) is 9.23. The van der Waals surface area contributed by atoms with Crippen molar-refractivity contribution in [3.63, 3.8) is 0 Å². The minimum Gasteiger partial charge on any atom is -0.335 e. The summed E-state index contributed by atoms with van der Waals surface area (Å²) in [5.74, 6) is 0.0511. The standard InChI is InChI=1S/C17H22IN3O2/c1-11-10-13(18)2-5-15(11)20-16(22)12-6-8-21(9-7-12)17(23)19-14-3-4-14/h2,5,10,12,14H,3-4,6-9H2,1H3,(H,19,23)(H,20,22). The van der Waals surface area contributed by atoms with Gasteiger partial charge >= 0.3 is 6.03 Å². The molecular formula is C17H22IN3O2. The van der Waals surface area contributed by atoms with E-state index in [9.17, 15) is 9.59 Å². The van der Waals surface area contributed by atoms with Gasteiger partial charge in [0, 0.05) is 34.3 Å². The van der Waals surface area contributed by atoms with Crippen LogP contribution in [-0.2, 0) is 4.79 Å². The predicted molar refractivity (Wildman–Crippen MR) is 98.4 cm³/mol. The Morgan fingerprint density at radius 1 is 1.17 bits per heavy atom. The maximum absolute atomic E-state index is 12.4. The monoisotopic (exact) mass is 427 g/mol. The van der Waals surface area contributed by atoms with Crippen molar-refractivity contribution in [1.82, 2.24) is 10.2 Å².